The van der Waals surface area contributed by atoms with E-state index in [4.69, 9.17) is 0 Å². The maximum Gasteiger partial charge on any atom is 0.263 e. The van der Waals surface area contributed by atoms with E-state index < -0.39 is 0 Å². The lowest BCUT2D eigenvalue weighted by Crippen LogP contribution is -2.41. The maximum atomic E-state index is 13.0. The molecule has 0 aliphatic rings. The molecule has 1 N–H and O–H groups in total. The van der Waals surface area contributed by atoms with Gasteiger partial charge in [0.25, 0.3) is 5.91 Å². The minimum atomic E-state index is -0.149. The Kier molecular flexibility index (Phi) is 5.99. The Hall–Kier alpha value is -3.32. The van der Waals surface area contributed by atoms with E-state index in [2.05, 4.69) is 58.5 Å². The van der Waals surface area contributed by atoms with Gasteiger partial charge in [-0.05, 0) is 18.9 Å². The van der Waals surface area contributed by atoms with Gasteiger partial charge < -0.3 is 5.32 Å². The number of rotatable bonds is 7. The predicted molar refractivity (Wildman–Crippen MR) is 118 cm³/mol. The fourth-order valence-corrected chi connectivity index (χ4v) is 4.26. The summed E-state index contributed by atoms with van der Waals surface area (Å²) in [6.45, 7) is 4.12. The number of nitrogens with zero attached hydrogens (tertiary/aromatic N) is 4. The van der Waals surface area contributed by atoms with Gasteiger partial charge in [-0.15, -0.1) is 11.3 Å². The van der Waals surface area contributed by atoms with E-state index >= 15 is 0 Å². The Morgan fingerprint density at radius 1 is 1.13 bits per heavy atom. The Labute approximate surface area is 179 Å². The van der Waals surface area contributed by atoms with E-state index in [9.17, 15) is 4.79 Å². The second-order valence-electron chi connectivity index (χ2n) is 7.11. The summed E-state index contributed by atoms with van der Waals surface area (Å²) in [5, 5.41) is 8.38. The van der Waals surface area contributed by atoms with Crippen LogP contribution in [0.25, 0.3) is 10.6 Å². The van der Waals surface area contributed by atoms with Crippen molar-refractivity contribution >= 4 is 17.2 Å². The summed E-state index contributed by atoms with van der Waals surface area (Å²) in [6, 6.07) is 17.9. The first-order valence-electron chi connectivity index (χ1n) is 9.88. The molecular weight excluding hydrogens is 394 g/mol. The van der Waals surface area contributed by atoms with Gasteiger partial charge in [-0.25, -0.2) is 14.6 Å². The number of hydrogen-bond donors (Lipinski definition) is 1. The topological polar surface area (TPSA) is 72.7 Å². The molecule has 7 heteroatoms. The molecule has 0 spiro atoms. The number of carbonyl (C=O) groups excluding carboxylic acids is 1. The highest BCUT2D eigenvalue weighted by Gasteiger charge is 2.27. The summed E-state index contributed by atoms with van der Waals surface area (Å²) < 4.78 is 1.81. The van der Waals surface area contributed by atoms with Gasteiger partial charge in [-0.3, -0.25) is 4.79 Å². The zero-order valence-corrected chi connectivity index (χ0v) is 17.7. The number of carbonyl (C=O) groups is 1. The Morgan fingerprint density at radius 3 is 2.57 bits per heavy atom. The van der Waals surface area contributed by atoms with Crippen LogP contribution in [0.2, 0.25) is 0 Å². The van der Waals surface area contributed by atoms with Gasteiger partial charge in [0.2, 0.25) is 0 Å². The normalized spacial score (nSPS) is 13.0. The number of hydrogen-bond acceptors (Lipinski definition) is 5. The molecule has 2 aromatic carbocycles. The zero-order valence-electron chi connectivity index (χ0n) is 16.9. The van der Waals surface area contributed by atoms with Crippen LogP contribution in [-0.4, -0.2) is 31.7 Å². The fraction of sp³-hybridized carbons (Fsp3) is 0.217. The number of amides is 1. The van der Waals surface area contributed by atoms with E-state index in [1.807, 2.05) is 30.3 Å². The summed E-state index contributed by atoms with van der Waals surface area (Å²) in [6.07, 6.45) is 5.60. The van der Waals surface area contributed by atoms with Crippen molar-refractivity contribution in [2.24, 2.45) is 0 Å². The van der Waals surface area contributed by atoms with Crippen molar-refractivity contribution in [1.29, 1.82) is 0 Å². The predicted octanol–water partition coefficient (Wildman–Crippen LogP) is 4.51. The molecule has 152 valence electrons. The summed E-state index contributed by atoms with van der Waals surface area (Å²) in [5.41, 5.74) is 3.27. The maximum absolute atomic E-state index is 13.0. The van der Waals surface area contributed by atoms with Gasteiger partial charge in [0.1, 0.15) is 22.5 Å². The largest absolute Gasteiger partial charge is 0.346 e. The average Bonchev–Trinajstić information content (AvgIpc) is 3.48. The van der Waals surface area contributed by atoms with Crippen molar-refractivity contribution in [3.8, 4) is 10.6 Å². The summed E-state index contributed by atoms with van der Waals surface area (Å²) in [7, 11) is 0. The van der Waals surface area contributed by atoms with Crippen LogP contribution >= 0.6 is 11.3 Å². The molecule has 0 radical (unpaired) electrons. The molecule has 4 rings (SSSR count). The van der Waals surface area contributed by atoms with Crippen molar-refractivity contribution in [2.45, 2.75) is 32.4 Å². The van der Waals surface area contributed by atoms with Gasteiger partial charge in [-0.1, -0.05) is 67.1 Å². The van der Waals surface area contributed by atoms with Crippen LogP contribution in [0.1, 0.15) is 40.2 Å². The van der Waals surface area contributed by atoms with Gasteiger partial charge in [-0.2, -0.15) is 5.10 Å². The van der Waals surface area contributed by atoms with Crippen LogP contribution in [-0.2, 0) is 0 Å². The number of aryl methyl sites for hydroxylation is 1. The number of benzene rings is 2. The van der Waals surface area contributed by atoms with Crippen molar-refractivity contribution in [3.05, 3.63) is 89.5 Å². The molecule has 4 aromatic rings. The summed E-state index contributed by atoms with van der Waals surface area (Å²) in [5.74, 6) is -0.126. The molecule has 0 saturated heterocycles. The lowest BCUT2D eigenvalue weighted by Gasteiger charge is -2.27. The van der Waals surface area contributed by atoms with Crippen LogP contribution < -0.4 is 5.32 Å². The third-order valence-electron chi connectivity index (χ3n) is 5.03. The Morgan fingerprint density at radius 2 is 1.90 bits per heavy atom. The molecule has 0 aliphatic carbocycles. The van der Waals surface area contributed by atoms with Crippen LogP contribution in [0.4, 0.5) is 0 Å². The summed E-state index contributed by atoms with van der Waals surface area (Å²) in [4.78, 5) is 22.2. The molecule has 1 amide bonds. The zero-order chi connectivity index (χ0) is 20.9. The molecule has 30 heavy (non-hydrogen) atoms. The van der Waals surface area contributed by atoms with Crippen LogP contribution in [0.5, 0.6) is 0 Å². The third-order valence-corrected chi connectivity index (χ3v) is 6.07. The van der Waals surface area contributed by atoms with Crippen LogP contribution in [0.3, 0.4) is 0 Å². The molecule has 0 fully saturated rings. The van der Waals surface area contributed by atoms with E-state index in [-0.39, 0.29) is 18.0 Å². The average molecular weight is 418 g/mol. The van der Waals surface area contributed by atoms with Crippen molar-refractivity contribution < 1.29 is 4.79 Å². The first kappa shape index (κ1) is 20.0. The molecule has 0 bridgehead atoms. The molecule has 0 saturated carbocycles. The lowest BCUT2D eigenvalue weighted by atomic mass is 9.96. The fourth-order valence-electron chi connectivity index (χ4n) is 3.43. The molecule has 6 nitrogen and oxygen atoms in total. The third kappa shape index (κ3) is 4.31. The van der Waals surface area contributed by atoms with E-state index in [1.165, 1.54) is 23.2 Å². The van der Waals surface area contributed by atoms with Crippen molar-refractivity contribution in [1.82, 2.24) is 25.1 Å². The van der Waals surface area contributed by atoms with Crippen LogP contribution in [0.15, 0.2) is 73.4 Å². The first-order valence-corrected chi connectivity index (χ1v) is 10.7. The van der Waals surface area contributed by atoms with E-state index in [0.717, 1.165) is 22.6 Å². The van der Waals surface area contributed by atoms with Gasteiger partial charge in [0.05, 0.1) is 18.3 Å². The number of thiazole rings is 1. The second kappa shape index (κ2) is 9.00. The van der Waals surface area contributed by atoms with Crippen molar-refractivity contribution in [3.63, 3.8) is 0 Å². The highest BCUT2D eigenvalue weighted by Crippen LogP contribution is 2.27. The van der Waals surface area contributed by atoms with E-state index in [1.54, 1.807) is 17.2 Å². The first-order chi connectivity index (χ1) is 14.7. The molecule has 0 unspecified atom stereocenters. The Balaban J connectivity index is 1.58. The SMILES string of the molecule is CC[C@H](NC(=O)c1cnc(-c2ccccc2)s1)[C@@H](c1ccc(C)cc1)n1cncn1. The summed E-state index contributed by atoms with van der Waals surface area (Å²) >= 11 is 1.40. The van der Waals surface area contributed by atoms with Gasteiger partial charge in [0, 0.05) is 5.56 Å². The van der Waals surface area contributed by atoms with Gasteiger partial charge >= 0.3 is 0 Å². The quantitative estimate of drug-likeness (QED) is 0.480. The monoisotopic (exact) mass is 417 g/mol. The van der Waals surface area contributed by atoms with E-state index in [0.29, 0.717) is 4.88 Å². The lowest BCUT2D eigenvalue weighted by molar-refractivity contribution is 0.0929. The molecular formula is C23H23N5OS. The highest BCUT2D eigenvalue weighted by molar-refractivity contribution is 7.16. The second-order valence-corrected chi connectivity index (χ2v) is 8.15. The van der Waals surface area contributed by atoms with Crippen LogP contribution in [0, 0.1) is 6.92 Å². The molecule has 0 aliphatic heterocycles. The standard InChI is InChI=1S/C23H23N5OS/c1-3-19(21(28-15-24-14-26-28)17-11-9-16(2)10-12-17)27-22(29)20-13-25-23(30-20)18-7-5-4-6-8-18/h4-15,19,21H,3H2,1-2H3,(H,27,29)/t19-,21+/m0/s1. The molecule has 2 heterocycles. The molecule has 2 atom stereocenters. The number of nitrogens with one attached hydrogen (secondary N) is 1. The Bertz CT molecular complexity index is 1090. The minimum Gasteiger partial charge on any atom is -0.346 e. The highest BCUT2D eigenvalue weighted by atomic mass is 32.1. The number of aromatic nitrogens is 4. The van der Waals surface area contributed by atoms with Crippen molar-refractivity contribution in [2.75, 3.05) is 0 Å². The minimum absolute atomic E-state index is 0.126. The molecule has 2 aromatic heterocycles. The van der Waals surface area contributed by atoms with Gasteiger partial charge in [0.15, 0.2) is 0 Å². The smallest absolute Gasteiger partial charge is 0.263 e.